The van der Waals surface area contributed by atoms with Crippen molar-refractivity contribution < 1.29 is 9.18 Å². The number of nitrogens with zero attached hydrogens (tertiary/aromatic N) is 1. The fraction of sp³-hybridized carbons (Fsp3) is 0.176. The van der Waals surface area contributed by atoms with Crippen molar-refractivity contribution in [3.8, 4) is 0 Å². The van der Waals surface area contributed by atoms with Crippen molar-refractivity contribution >= 4 is 22.6 Å². The van der Waals surface area contributed by atoms with E-state index in [4.69, 9.17) is 0 Å². The number of amides is 1. The molecule has 1 aromatic heterocycles. The van der Waals surface area contributed by atoms with Gasteiger partial charge in [0.15, 0.2) is 0 Å². The van der Waals surface area contributed by atoms with Crippen LogP contribution in [0, 0.1) is 5.82 Å². The van der Waals surface area contributed by atoms with E-state index in [-0.39, 0.29) is 5.91 Å². The second-order valence-corrected chi connectivity index (χ2v) is 5.59. The first-order chi connectivity index (χ1) is 10.7. The summed E-state index contributed by atoms with van der Waals surface area (Å²) in [4.78, 5) is 20.0. The van der Waals surface area contributed by atoms with Gasteiger partial charge in [-0.15, -0.1) is 0 Å². The van der Waals surface area contributed by atoms with E-state index in [2.05, 4.69) is 15.3 Å². The van der Waals surface area contributed by atoms with Gasteiger partial charge in [-0.25, -0.2) is 9.37 Å². The predicted molar refractivity (Wildman–Crippen MR) is 82.4 cm³/mol. The summed E-state index contributed by atoms with van der Waals surface area (Å²) in [5.41, 5.74) is 2.75. The number of fused-ring (bicyclic) bond motifs is 1. The van der Waals surface area contributed by atoms with Crippen LogP contribution in [0.15, 0.2) is 42.5 Å². The van der Waals surface area contributed by atoms with E-state index in [0.29, 0.717) is 17.2 Å². The molecule has 4 rings (SSSR count). The normalized spacial score (nSPS) is 14.2. The van der Waals surface area contributed by atoms with Crippen LogP contribution in [0.1, 0.15) is 34.9 Å². The van der Waals surface area contributed by atoms with Crippen LogP contribution in [0.3, 0.4) is 0 Å². The number of hydrogen-bond donors (Lipinski definition) is 2. The molecular weight excluding hydrogens is 281 g/mol. The Morgan fingerprint density at radius 3 is 2.86 bits per heavy atom. The van der Waals surface area contributed by atoms with E-state index in [1.54, 1.807) is 12.1 Å². The van der Waals surface area contributed by atoms with Crippen molar-refractivity contribution in [2.45, 2.75) is 18.8 Å². The van der Waals surface area contributed by atoms with Gasteiger partial charge < -0.3 is 10.3 Å². The van der Waals surface area contributed by atoms with Gasteiger partial charge in [0, 0.05) is 17.2 Å². The number of carbonyl (C=O) groups excluding carboxylic acids is 1. The van der Waals surface area contributed by atoms with Crippen LogP contribution in [0.4, 0.5) is 10.1 Å². The highest BCUT2D eigenvalue weighted by Crippen LogP contribution is 2.39. The minimum Gasteiger partial charge on any atom is -0.342 e. The average molecular weight is 295 g/mol. The molecule has 110 valence electrons. The highest BCUT2D eigenvalue weighted by molar-refractivity contribution is 6.04. The third kappa shape index (κ3) is 2.45. The minimum atomic E-state index is -0.425. The van der Waals surface area contributed by atoms with Gasteiger partial charge in [-0.3, -0.25) is 4.79 Å². The van der Waals surface area contributed by atoms with E-state index in [1.807, 2.05) is 12.1 Å². The van der Waals surface area contributed by atoms with E-state index >= 15 is 0 Å². The lowest BCUT2D eigenvalue weighted by atomic mass is 10.2. The fourth-order valence-corrected chi connectivity index (χ4v) is 2.49. The summed E-state index contributed by atoms with van der Waals surface area (Å²) in [7, 11) is 0. The maximum Gasteiger partial charge on any atom is 0.255 e. The zero-order valence-electron chi connectivity index (χ0n) is 11.8. The highest BCUT2D eigenvalue weighted by atomic mass is 19.1. The van der Waals surface area contributed by atoms with Gasteiger partial charge in [-0.2, -0.15) is 0 Å². The summed E-state index contributed by atoms with van der Waals surface area (Å²) >= 11 is 0. The van der Waals surface area contributed by atoms with Gasteiger partial charge in [0.05, 0.1) is 11.0 Å². The molecule has 1 heterocycles. The number of nitrogens with one attached hydrogen (secondary N) is 2. The van der Waals surface area contributed by atoms with Crippen molar-refractivity contribution in [3.63, 3.8) is 0 Å². The Hall–Kier alpha value is -2.69. The number of imidazole rings is 1. The number of anilines is 1. The molecule has 4 nitrogen and oxygen atoms in total. The zero-order chi connectivity index (χ0) is 15.1. The van der Waals surface area contributed by atoms with Crippen LogP contribution < -0.4 is 5.32 Å². The standard InChI is InChI=1S/C17H14FN3O/c18-12-3-1-2-11(8-12)17(22)19-13-6-7-14-15(9-13)21-16(20-14)10-4-5-10/h1-3,6-10H,4-5H2,(H,19,22)(H,20,21). The molecule has 0 aliphatic heterocycles. The average Bonchev–Trinajstić information content (AvgIpc) is 3.27. The second kappa shape index (κ2) is 4.94. The number of benzene rings is 2. The van der Waals surface area contributed by atoms with Crippen molar-refractivity contribution in [1.82, 2.24) is 9.97 Å². The van der Waals surface area contributed by atoms with Crippen molar-refractivity contribution in [2.24, 2.45) is 0 Å². The Kier molecular flexibility index (Phi) is 2.92. The first-order valence-electron chi connectivity index (χ1n) is 7.25. The van der Waals surface area contributed by atoms with Gasteiger partial charge in [-0.05, 0) is 49.2 Å². The predicted octanol–water partition coefficient (Wildman–Crippen LogP) is 3.83. The number of halogens is 1. The Bertz CT molecular complexity index is 867. The van der Waals surface area contributed by atoms with E-state index in [1.165, 1.54) is 31.0 Å². The molecule has 0 unspecified atom stereocenters. The Labute approximate surface area is 126 Å². The molecule has 2 N–H and O–H groups in total. The molecule has 1 aliphatic carbocycles. The molecular formula is C17H14FN3O. The monoisotopic (exact) mass is 295 g/mol. The van der Waals surface area contributed by atoms with Crippen LogP contribution in [0.25, 0.3) is 11.0 Å². The summed E-state index contributed by atoms with van der Waals surface area (Å²) in [5.74, 6) is 0.813. The molecule has 2 aromatic carbocycles. The lowest BCUT2D eigenvalue weighted by Gasteiger charge is -2.05. The molecule has 0 spiro atoms. The Morgan fingerprint density at radius 2 is 2.09 bits per heavy atom. The molecule has 0 bridgehead atoms. The summed E-state index contributed by atoms with van der Waals surface area (Å²) in [6, 6.07) is 11.2. The second-order valence-electron chi connectivity index (χ2n) is 5.59. The van der Waals surface area contributed by atoms with Gasteiger partial charge in [-0.1, -0.05) is 6.07 Å². The fourth-order valence-electron chi connectivity index (χ4n) is 2.49. The molecule has 1 fully saturated rings. The Morgan fingerprint density at radius 1 is 1.23 bits per heavy atom. The first kappa shape index (κ1) is 13.0. The van der Waals surface area contributed by atoms with E-state index < -0.39 is 5.82 Å². The highest BCUT2D eigenvalue weighted by Gasteiger charge is 2.26. The number of carbonyl (C=O) groups is 1. The summed E-state index contributed by atoms with van der Waals surface area (Å²) in [5, 5.41) is 2.78. The van der Waals surface area contributed by atoms with E-state index in [0.717, 1.165) is 16.9 Å². The van der Waals surface area contributed by atoms with Gasteiger partial charge >= 0.3 is 0 Å². The topological polar surface area (TPSA) is 57.8 Å². The lowest BCUT2D eigenvalue weighted by Crippen LogP contribution is -2.11. The van der Waals surface area contributed by atoms with Crippen LogP contribution in [-0.4, -0.2) is 15.9 Å². The van der Waals surface area contributed by atoms with Gasteiger partial charge in [0.1, 0.15) is 11.6 Å². The zero-order valence-corrected chi connectivity index (χ0v) is 11.8. The molecule has 5 heteroatoms. The van der Waals surface area contributed by atoms with Crippen LogP contribution in [-0.2, 0) is 0 Å². The molecule has 1 saturated carbocycles. The summed E-state index contributed by atoms with van der Waals surface area (Å²) in [6.07, 6.45) is 2.37. The number of aromatic nitrogens is 2. The van der Waals surface area contributed by atoms with Crippen molar-refractivity contribution in [1.29, 1.82) is 0 Å². The molecule has 1 amide bonds. The molecule has 0 saturated heterocycles. The van der Waals surface area contributed by atoms with Crippen LogP contribution in [0.2, 0.25) is 0 Å². The molecule has 3 aromatic rings. The Balaban J connectivity index is 1.59. The SMILES string of the molecule is O=C(Nc1ccc2nc(C3CC3)[nH]c2c1)c1cccc(F)c1. The van der Waals surface area contributed by atoms with Crippen LogP contribution in [0.5, 0.6) is 0 Å². The van der Waals surface area contributed by atoms with Crippen molar-refractivity contribution in [3.05, 3.63) is 59.7 Å². The van der Waals surface area contributed by atoms with Crippen molar-refractivity contribution in [2.75, 3.05) is 5.32 Å². The van der Waals surface area contributed by atoms with E-state index in [9.17, 15) is 9.18 Å². The maximum atomic E-state index is 13.2. The van der Waals surface area contributed by atoms with Gasteiger partial charge in [0.25, 0.3) is 5.91 Å². The van der Waals surface area contributed by atoms with Crippen LogP contribution >= 0.6 is 0 Å². The lowest BCUT2D eigenvalue weighted by molar-refractivity contribution is 0.102. The minimum absolute atomic E-state index is 0.295. The molecule has 1 aliphatic rings. The number of rotatable bonds is 3. The number of H-pyrrole nitrogens is 1. The summed E-state index contributed by atoms with van der Waals surface area (Å²) < 4.78 is 13.2. The first-order valence-corrected chi connectivity index (χ1v) is 7.25. The molecule has 22 heavy (non-hydrogen) atoms. The quantitative estimate of drug-likeness (QED) is 0.771. The third-order valence-electron chi connectivity index (χ3n) is 3.81. The number of hydrogen-bond acceptors (Lipinski definition) is 2. The van der Waals surface area contributed by atoms with Gasteiger partial charge in [0.2, 0.25) is 0 Å². The third-order valence-corrected chi connectivity index (χ3v) is 3.81. The largest absolute Gasteiger partial charge is 0.342 e. The smallest absolute Gasteiger partial charge is 0.255 e. The maximum absolute atomic E-state index is 13.2. The summed E-state index contributed by atoms with van der Waals surface area (Å²) in [6.45, 7) is 0. The molecule has 0 radical (unpaired) electrons. The molecule has 0 atom stereocenters. The number of aromatic amines is 1.